The first kappa shape index (κ1) is 8.11. The van der Waals surface area contributed by atoms with Crippen LogP contribution in [0, 0.1) is 6.07 Å². The van der Waals surface area contributed by atoms with Crippen molar-refractivity contribution in [1.29, 1.82) is 0 Å². The third-order valence-corrected chi connectivity index (χ3v) is 2.27. The molecule has 1 heteroatoms. The molecule has 0 aliphatic rings. The molecular weight excluding hydrogens is 160 g/mol. The molecule has 2 aromatic rings. The molecule has 2 aromatic carbocycles. The minimum Gasteiger partial charge on any atom is -0.507 e. The highest BCUT2D eigenvalue weighted by atomic mass is 16.3. The van der Waals surface area contributed by atoms with Crippen molar-refractivity contribution in [1.82, 2.24) is 0 Å². The largest absolute Gasteiger partial charge is 0.507 e. The summed E-state index contributed by atoms with van der Waals surface area (Å²) in [6.45, 7) is 2.08. The van der Waals surface area contributed by atoms with Crippen molar-refractivity contribution >= 4 is 10.8 Å². The lowest BCUT2D eigenvalue weighted by Crippen LogP contribution is -1.83. The lowest BCUT2D eigenvalue weighted by Gasteiger charge is -2.05. The van der Waals surface area contributed by atoms with Crippen LogP contribution in [0.2, 0.25) is 0 Å². The zero-order valence-electron chi connectivity index (χ0n) is 7.54. The van der Waals surface area contributed by atoms with E-state index < -0.39 is 0 Å². The number of fused-ring (bicyclic) bond motifs is 1. The Bertz CT molecular complexity index is 427. The lowest BCUT2D eigenvalue weighted by molar-refractivity contribution is 0.481. The first-order valence-corrected chi connectivity index (χ1v) is 4.43. The standard InChI is InChI=1S/C12H11O/c1-2-9-5-3-6-10-7-4-8-11(13)12(9)10/h4-8,13H,2H2,1H3. The van der Waals surface area contributed by atoms with E-state index in [-0.39, 0.29) is 0 Å². The van der Waals surface area contributed by atoms with Crippen molar-refractivity contribution in [2.75, 3.05) is 0 Å². The van der Waals surface area contributed by atoms with Crippen molar-refractivity contribution < 1.29 is 5.11 Å². The highest BCUT2D eigenvalue weighted by Crippen LogP contribution is 2.27. The summed E-state index contributed by atoms with van der Waals surface area (Å²) in [6.07, 6.45) is 0.922. The van der Waals surface area contributed by atoms with Crippen LogP contribution >= 0.6 is 0 Å². The Morgan fingerprint density at radius 1 is 1.31 bits per heavy atom. The predicted molar refractivity (Wildman–Crippen MR) is 53.8 cm³/mol. The van der Waals surface area contributed by atoms with Crippen LogP contribution in [0.3, 0.4) is 0 Å². The first-order chi connectivity index (χ1) is 6.33. The summed E-state index contributed by atoms with van der Waals surface area (Å²) >= 11 is 0. The second-order valence-corrected chi connectivity index (χ2v) is 3.08. The SMILES string of the molecule is CCc1c[c]cc2cccc(O)c12. The van der Waals surface area contributed by atoms with Crippen molar-refractivity contribution in [2.24, 2.45) is 0 Å². The normalized spacial score (nSPS) is 10.5. The predicted octanol–water partition coefficient (Wildman–Crippen LogP) is 2.91. The third-order valence-electron chi connectivity index (χ3n) is 2.27. The van der Waals surface area contributed by atoms with Crippen molar-refractivity contribution in [3.63, 3.8) is 0 Å². The fraction of sp³-hybridized carbons (Fsp3) is 0.167. The molecule has 2 rings (SSSR count). The molecule has 13 heavy (non-hydrogen) atoms. The monoisotopic (exact) mass is 171 g/mol. The fourth-order valence-corrected chi connectivity index (χ4v) is 1.61. The van der Waals surface area contributed by atoms with Gasteiger partial charge in [0.2, 0.25) is 0 Å². The van der Waals surface area contributed by atoms with Gasteiger partial charge in [0.15, 0.2) is 0 Å². The van der Waals surface area contributed by atoms with Gasteiger partial charge in [-0.05, 0) is 35.6 Å². The number of phenolic OH excluding ortho intramolecular Hbond substituents is 1. The fourth-order valence-electron chi connectivity index (χ4n) is 1.61. The third kappa shape index (κ3) is 1.26. The topological polar surface area (TPSA) is 20.2 Å². The van der Waals surface area contributed by atoms with Crippen LogP contribution in [0.4, 0.5) is 0 Å². The van der Waals surface area contributed by atoms with Gasteiger partial charge in [-0.15, -0.1) is 0 Å². The van der Waals surface area contributed by atoms with Crippen LogP contribution in [-0.2, 0) is 6.42 Å². The highest BCUT2D eigenvalue weighted by molar-refractivity contribution is 5.90. The zero-order chi connectivity index (χ0) is 9.26. The van der Waals surface area contributed by atoms with E-state index in [0.717, 1.165) is 22.8 Å². The summed E-state index contributed by atoms with van der Waals surface area (Å²) in [6, 6.07) is 12.5. The van der Waals surface area contributed by atoms with Crippen molar-refractivity contribution in [3.8, 4) is 5.75 Å². The molecule has 0 spiro atoms. The summed E-state index contributed by atoms with van der Waals surface area (Å²) in [5.74, 6) is 0.364. The number of rotatable bonds is 1. The van der Waals surface area contributed by atoms with Crippen LogP contribution in [0.15, 0.2) is 30.3 Å². The first-order valence-electron chi connectivity index (χ1n) is 4.43. The van der Waals surface area contributed by atoms with Gasteiger partial charge in [0.05, 0.1) is 0 Å². The Labute approximate surface area is 77.6 Å². The van der Waals surface area contributed by atoms with Gasteiger partial charge in [0, 0.05) is 5.39 Å². The van der Waals surface area contributed by atoms with Gasteiger partial charge < -0.3 is 5.11 Å². The van der Waals surface area contributed by atoms with Gasteiger partial charge in [-0.25, -0.2) is 0 Å². The van der Waals surface area contributed by atoms with E-state index in [1.165, 1.54) is 0 Å². The van der Waals surface area contributed by atoms with E-state index in [0.29, 0.717) is 5.75 Å². The van der Waals surface area contributed by atoms with Crippen LogP contribution < -0.4 is 0 Å². The molecule has 65 valence electrons. The van der Waals surface area contributed by atoms with E-state index in [4.69, 9.17) is 0 Å². The van der Waals surface area contributed by atoms with E-state index in [1.807, 2.05) is 24.3 Å². The average Bonchev–Trinajstić information content (AvgIpc) is 2.17. The summed E-state index contributed by atoms with van der Waals surface area (Å²) in [5.41, 5.74) is 1.15. The lowest BCUT2D eigenvalue weighted by atomic mass is 10.0. The van der Waals surface area contributed by atoms with E-state index in [9.17, 15) is 5.11 Å². The quantitative estimate of drug-likeness (QED) is 0.699. The number of hydrogen-bond acceptors (Lipinski definition) is 1. The van der Waals surface area contributed by atoms with Crippen LogP contribution in [0.25, 0.3) is 10.8 Å². The molecule has 0 fully saturated rings. The molecule has 1 nitrogen and oxygen atoms in total. The number of phenols is 1. The molecule has 0 amide bonds. The molecule has 1 radical (unpaired) electrons. The van der Waals surface area contributed by atoms with Crippen molar-refractivity contribution in [2.45, 2.75) is 13.3 Å². The minimum absolute atomic E-state index is 0.364. The summed E-state index contributed by atoms with van der Waals surface area (Å²) in [5, 5.41) is 11.7. The minimum atomic E-state index is 0.364. The second-order valence-electron chi connectivity index (χ2n) is 3.08. The van der Waals surface area contributed by atoms with E-state index in [1.54, 1.807) is 6.07 Å². The van der Waals surface area contributed by atoms with Gasteiger partial charge >= 0.3 is 0 Å². The zero-order valence-corrected chi connectivity index (χ0v) is 7.54. The van der Waals surface area contributed by atoms with Crippen LogP contribution in [-0.4, -0.2) is 5.11 Å². The number of aromatic hydroxyl groups is 1. The molecule has 0 aliphatic carbocycles. The molecule has 0 saturated carbocycles. The van der Waals surface area contributed by atoms with Crippen LogP contribution in [0.1, 0.15) is 12.5 Å². The Morgan fingerprint density at radius 3 is 2.92 bits per heavy atom. The highest BCUT2D eigenvalue weighted by Gasteiger charge is 2.02. The Morgan fingerprint density at radius 2 is 2.15 bits per heavy atom. The van der Waals surface area contributed by atoms with Crippen LogP contribution in [0.5, 0.6) is 5.75 Å². The molecular formula is C12H11O. The number of benzene rings is 2. The Hall–Kier alpha value is -1.50. The maximum absolute atomic E-state index is 9.67. The molecule has 0 bridgehead atoms. The van der Waals surface area contributed by atoms with E-state index >= 15 is 0 Å². The van der Waals surface area contributed by atoms with Gasteiger partial charge in [0.1, 0.15) is 5.75 Å². The smallest absolute Gasteiger partial charge is 0.123 e. The maximum atomic E-state index is 9.67. The molecule has 0 unspecified atom stereocenters. The molecule has 0 atom stereocenters. The molecule has 0 saturated heterocycles. The average molecular weight is 171 g/mol. The van der Waals surface area contributed by atoms with Gasteiger partial charge in [-0.1, -0.05) is 25.1 Å². The molecule has 1 N–H and O–H groups in total. The Balaban J connectivity index is 2.87. The van der Waals surface area contributed by atoms with Gasteiger partial charge in [-0.3, -0.25) is 0 Å². The summed E-state index contributed by atoms with van der Waals surface area (Å²) in [7, 11) is 0. The van der Waals surface area contributed by atoms with E-state index in [2.05, 4.69) is 13.0 Å². The molecule has 0 heterocycles. The molecule has 0 aliphatic heterocycles. The van der Waals surface area contributed by atoms with Crippen molar-refractivity contribution in [3.05, 3.63) is 42.0 Å². The number of hydrogen-bond donors (Lipinski definition) is 1. The summed E-state index contributed by atoms with van der Waals surface area (Å²) < 4.78 is 0. The van der Waals surface area contributed by atoms with Gasteiger partial charge in [0.25, 0.3) is 0 Å². The van der Waals surface area contributed by atoms with Gasteiger partial charge in [-0.2, -0.15) is 0 Å². The maximum Gasteiger partial charge on any atom is 0.123 e. The summed E-state index contributed by atoms with van der Waals surface area (Å²) in [4.78, 5) is 0. The Kier molecular flexibility index (Phi) is 1.93. The number of aryl methyl sites for hydroxylation is 1. The second kappa shape index (κ2) is 3.09. The molecule has 0 aromatic heterocycles.